The number of benzene rings is 2. The number of nitrogens with zero attached hydrogens (tertiary/aromatic N) is 6. The van der Waals surface area contributed by atoms with Gasteiger partial charge in [0.25, 0.3) is 0 Å². The minimum atomic E-state index is -4.83. The third-order valence-corrected chi connectivity index (χ3v) is 6.94. The van der Waals surface area contributed by atoms with Crippen molar-refractivity contribution in [3.8, 4) is 23.0 Å². The van der Waals surface area contributed by atoms with Gasteiger partial charge in [0.15, 0.2) is 0 Å². The maximum atomic E-state index is 13.0. The third-order valence-electron chi connectivity index (χ3n) is 6.94. The van der Waals surface area contributed by atoms with Gasteiger partial charge in [0.1, 0.15) is 11.9 Å². The molecule has 0 aliphatic carbocycles. The van der Waals surface area contributed by atoms with Crippen LogP contribution in [0.5, 0.6) is 11.6 Å². The number of halogens is 6. The van der Waals surface area contributed by atoms with E-state index in [1.54, 1.807) is 7.05 Å². The number of piperidine rings is 1. The summed E-state index contributed by atoms with van der Waals surface area (Å²) in [5, 5.41) is 12.1. The fraction of sp³-hybridized carbons (Fsp3) is 0.357. The molecule has 1 aliphatic heterocycles. The van der Waals surface area contributed by atoms with Gasteiger partial charge in [0.05, 0.1) is 12.6 Å². The fourth-order valence-corrected chi connectivity index (χ4v) is 4.87. The highest BCUT2D eigenvalue weighted by Gasteiger charge is 2.34. The molecule has 5 rings (SSSR count). The maximum Gasteiger partial charge on any atom is 0.573 e. The highest BCUT2D eigenvalue weighted by molar-refractivity contribution is 5.54. The number of alkyl halides is 6. The molecule has 0 radical (unpaired) electrons. The Morgan fingerprint density at radius 3 is 2.14 bits per heavy atom. The third kappa shape index (κ3) is 7.55. The van der Waals surface area contributed by atoms with Gasteiger partial charge < -0.3 is 9.47 Å². The van der Waals surface area contributed by atoms with Gasteiger partial charge in [-0.3, -0.25) is 4.90 Å². The largest absolute Gasteiger partial charge is 0.573 e. The zero-order valence-corrected chi connectivity index (χ0v) is 22.3. The molecule has 1 unspecified atom stereocenters. The van der Waals surface area contributed by atoms with Crippen molar-refractivity contribution in [2.45, 2.75) is 38.0 Å². The summed E-state index contributed by atoms with van der Waals surface area (Å²) in [5.74, 6) is 0.0820. The SMILES string of the molecule is Cn1nnc(-c2ccc(CN3CCC(C(Oc4ccc(C(F)(F)F)cn4)c4ccc(OC(F)(F)F)cc4)CC3)cc2)n1. The molecule has 14 heteroatoms. The van der Waals surface area contributed by atoms with Crippen LogP contribution >= 0.6 is 0 Å². The smallest absolute Gasteiger partial charge is 0.469 e. The molecular weight excluding hydrogens is 566 g/mol. The molecule has 222 valence electrons. The first-order valence-electron chi connectivity index (χ1n) is 13.0. The van der Waals surface area contributed by atoms with Gasteiger partial charge >= 0.3 is 12.5 Å². The van der Waals surface area contributed by atoms with Crippen molar-refractivity contribution in [3.05, 3.63) is 83.6 Å². The maximum absolute atomic E-state index is 13.0. The second-order valence-electron chi connectivity index (χ2n) is 9.95. The summed E-state index contributed by atoms with van der Waals surface area (Å²) in [5.41, 5.74) is 1.62. The molecular formula is C28H26F6N6O2. The van der Waals surface area contributed by atoms with E-state index in [0.717, 1.165) is 23.3 Å². The topological polar surface area (TPSA) is 78.2 Å². The number of aryl methyl sites for hydroxylation is 1. The van der Waals surface area contributed by atoms with Gasteiger partial charge in [-0.15, -0.1) is 23.4 Å². The lowest BCUT2D eigenvalue weighted by Gasteiger charge is -2.36. The molecule has 3 heterocycles. The van der Waals surface area contributed by atoms with Crippen molar-refractivity contribution in [2.75, 3.05) is 13.1 Å². The van der Waals surface area contributed by atoms with Crippen molar-refractivity contribution in [3.63, 3.8) is 0 Å². The molecule has 0 saturated carbocycles. The first-order valence-corrected chi connectivity index (χ1v) is 13.0. The first kappa shape index (κ1) is 29.3. The molecule has 8 nitrogen and oxygen atoms in total. The van der Waals surface area contributed by atoms with Crippen molar-refractivity contribution in [1.29, 1.82) is 0 Å². The molecule has 2 aromatic carbocycles. The number of pyridine rings is 1. The molecule has 1 aliphatic rings. The van der Waals surface area contributed by atoms with E-state index in [1.165, 1.54) is 29.1 Å². The van der Waals surface area contributed by atoms with Crippen molar-refractivity contribution < 1.29 is 35.8 Å². The second kappa shape index (κ2) is 12.0. The molecule has 0 bridgehead atoms. The molecule has 0 amide bonds. The standard InChI is InChI=1S/C28H26F6N6O2/c1-39-37-26(36-38-39)21-4-2-18(3-5-21)17-40-14-12-20(13-15-40)25(19-6-9-23(10-7-19)42-28(32,33)34)41-24-11-8-22(16-35-24)27(29,30)31/h2-11,16,20,25H,12-15,17H2,1H3. The van der Waals surface area contributed by atoms with Crippen LogP contribution in [-0.4, -0.2) is 49.5 Å². The number of ether oxygens (including phenoxy) is 2. The van der Waals surface area contributed by atoms with Gasteiger partial charge in [0, 0.05) is 30.3 Å². The summed E-state index contributed by atoms with van der Waals surface area (Å²) in [6.45, 7) is 2.14. The summed E-state index contributed by atoms with van der Waals surface area (Å²) in [4.78, 5) is 7.50. The molecule has 4 aromatic rings. The molecule has 0 N–H and O–H groups in total. The Hall–Kier alpha value is -4.20. The van der Waals surface area contributed by atoms with E-state index in [1.807, 2.05) is 24.3 Å². The Morgan fingerprint density at radius 2 is 1.60 bits per heavy atom. The van der Waals surface area contributed by atoms with Gasteiger partial charge in [-0.25, -0.2) is 4.98 Å². The average Bonchev–Trinajstić information content (AvgIpc) is 3.38. The lowest BCUT2D eigenvalue weighted by molar-refractivity contribution is -0.274. The van der Waals surface area contributed by atoms with Crippen LogP contribution in [0, 0.1) is 5.92 Å². The average molecular weight is 593 g/mol. The first-order chi connectivity index (χ1) is 19.9. The summed E-state index contributed by atoms with van der Waals surface area (Å²) < 4.78 is 87.0. The lowest BCUT2D eigenvalue weighted by atomic mass is 9.87. The number of aromatic nitrogens is 5. The predicted molar refractivity (Wildman–Crippen MR) is 138 cm³/mol. The van der Waals surface area contributed by atoms with E-state index in [4.69, 9.17) is 4.74 Å². The normalized spacial score (nSPS) is 15.9. The van der Waals surface area contributed by atoms with Crippen LogP contribution in [0.4, 0.5) is 26.3 Å². The van der Waals surface area contributed by atoms with Crippen LogP contribution in [-0.2, 0) is 19.8 Å². The lowest BCUT2D eigenvalue weighted by Crippen LogP contribution is -2.36. The van der Waals surface area contributed by atoms with E-state index in [0.29, 0.717) is 50.1 Å². The van der Waals surface area contributed by atoms with Gasteiger partial charge in [-0.2, -0.15) is 18.0 Å². The Balaban J connectivity index is 1.27. The molecule has 1 saturated heterocycles. The van der Waals surface area contributed by atoms with Crippen molar-refractivity contribution >= 4 is 0 Å². The Labute approximate surface area is 236 Å². The second-order valence-corrected chi connectivity index (χ2v) is 9.95. The summed E-state index contributed by atoms with van der Waals surface area (Å²) in [6, 6.07) is 15.2. The number of tetrazole rings is 1. The number of hydrogen-bond donors (Lipinski definition) is 0. The quantitative estimate of drug-likeness (QED) is 0.225. The molecule has 1 atom stereocenters. The van der Waals surface area contributed by atoms with E-state index >= 15 is 0 Å². The predicted octanol–water partition coefficient (Wildman–Crippen LogP) is 6.22. The van der Waals surface area contributed by atoms with Crippen molar-refractivity contribution in [2.24, 2.45) is 13.0 Å². The van der Waals surface area contributed by atoms with Crippen LogP contribution in [0.15, 0.2) is 66.9 Å². The van der Waals surface area contributed by atoms with E-state index in [-0.39, 0.29) is 17.5 Å². The summed E-state index contributed by atoms with van der Waals surface area (Å²) in [6.07, 6.45) is -7.95. The number of likely N-dealkylation sites (tertiary alicyclic amines) is 1. The number of rotatable bonds is 8. The monoisotopic (exact) mass is 592 g/mol. The van der Waals surface area contributed by atoms with Gasteiger partial charge in [0.2, 0.25) is 11.7 Å². The highest BCUT2D eigenvalue weighted by atomic mass is 19.4. The van der Waals surface area contributed by atoms with Crippen LogP contribution in [0.2, 0.25) is 0 Å². The van der Waals surface area contributed by atoms with Gasteiger partial charge in [-0.1, -0.05) is 36.4 Å². The molecule has 1 fully saturated rings. The Kier molecular flexibility index (Phi) is 8.34. The Morgan fingerprint density at radius 1 is 0.905 bits per heavy atom. The van der Waals surface area contributed by atoms with Crippen LogP contribution in [0.25, 0.3) is 11.4 Å². The molecule has 42 heavy (non-hydrogen) atoms. The van der Waals surface area contributed by atoms with E-state index in [9.17, 15) is 26.3 Å². The van der Waals surface area contributed by atoms with Crippen LogP contribution in [0.3, 0.4) is 0 Å². The zero-order chi connectivity index (χ0) is 29.9. The van der Waals surface area contributed by atoms with Crippen LogP contribution < -0.4 is 9.47 Å². The fourth-order valence-electron chi connectivity index (χ4n) is 4.87. The minimum absolute atomic E-state index is 0.0104. The van der Waals surface area contributed by atoms with Crippen molar-refractivity contribution in [1.82, 2.24) is 30.1 Å². The summed E-state index contributed by atoms with van der Waals surface area (Å²) >= 11 is 0. The molecule has 2 aromatic heterocycles. The van der Waals surface area contributed by atoms with E-state index < -0.39 is 24.2 Å². The van der Waals surface area contributed by atoms with E-state index in [2.05, 4.69) is 30.0 Å². The number of hydrogen-bond acceptors (Lipinski definition) is 7. The van der Waals surface area contributed by atoms with Gasteiger partial charge in [-0.05, 0) is 60.5 Å². The minimum Gasteiger partial charge on any atom is -0.469 e. The van der Waals surface area contributed by atoms with Crippen LogP contribution in [0.1, 0.15) is 35.6 Å². The highest BCUT2D eigenvalue weighted by Crippen LogP contribution is 2.37. The Bertz CT molecular complexity index is 1450. The zero-order valence-electron chi connectivity index (χ0n) is 22.3. The summed E-state index contributed by atoms with van der Waals surface area (Å²) in [7, 11) is 1.70. The molecule has 0 spiro atoms.